The molecule has 0 atom stereocenters. The highest BCUT2D eigenvalue weighted by molar-refractivity contribution is 6.12. The van der Waals surface area contributed by atoms with Crippen molar-refractivity contribution < 1.29 is 0 Å². The van der Waals surface area contributed by atoms with Crippen LogP contribution in [-0.4, -0.2) is 24.1 Å². The number of hydrogen-bond donors (Lipinski definition) is 0. The molecular weight excluding hydrogens is 683 g/mol. The van der Waals surface area contributed by atoms with Crippen LogP contribution in [0.1, 0.15) is 0 Å². The third-order valence-electron chi connectivity index (χ3n) is 10.9. The molecule has 5 nitrogen and oxygen atoms in total. The molecule has 56 heavy (non-hydrogen) atoms. The van der Waals surface area contributed by atoms with E-state index in [4.69, 9.17) is 4.98 Å². The maximum absolute atomic E-state index is 4.82. The second kappa shape index (κ2) is 13.0. The zero-order chi connectivity index (χ0) is 37.0. The Bertz CT molecular complexity index is 3160. The van der Waals surface area contributed by atoms with Gasteiger partial charge in [-0.05, 0) is 125 Å². The van der Waals surface area contributed by atoms with Crippen LogP contribution >= 0.6 is 0 Å². The molecule has 262 valence electrons. The van der Waals surface area contributed by atoms with Gasteiger partial charge < -0.3 is 4.57 Å². The van der Waals surface area contributed by atoms with Crippen molar-refractivity contribution in [3.63, 3.8) is 0 Å². The number of hydrogen-bond acceptors (Lipinski definition) is 3. The van der Waals surface area contributed by atoms with Gasteiger partial charge >= 0.3 is 0 Å². The maximum Gasteiger partial charge on any atom is 0.145 e. The lowest BCUT2D eigenvalue weighted by Gasteiger charge is -2.12. The summed E-state index contributed by atoms with van der Waals surface area (Å²) in [5.74, 6) is 0. The zero-order valence-electron chi connectivity index (χ0n) is 30.3. The van der Waals surface area contributed by atoms with Crippen LogP contribution in [0, 0.1) is 0 Å². The largest absolute Gasteiger partial charge is 0.309 e. The summed E-state index contributed by atoms with van der Waals surface area (Å²) in [5, 5.41) is 4.78. The molecule has 0 aliphatic carbocycles. The molecular formula is C51H33N5. The normalized spacial score (nSPS) is 11.6. The van der Waals surface area contributed by atoms with E-state index in [0.717, 1.165) is 67.1 Å². The molecule has 0 aliphatic rings. The van der Waals surface area contributed by atoms with E-state index in [2.05, 4.69) is 171 Å². The predicted molar refractivity (Wildman–Crippen MR) is 230 cm³/mol. The Morgan fingerprint density at radius 1 is 0.286 bits per heavy atom. The van der Waals surface area contributed by atoms with Crippen LogP contribution in [0.5, 0.6) is 0 Å². The summed E-state index contributed by atoms with van der Waals surface area (Å²) < 4.78 is 4.65. The molecule has 0 N–H and O–H groups in total. The molecule has 6 aromatic carbocycles. The molecule has 0 spiro atoms. The van der Waals surface area contributed by atoms with Gasteiger partial charge in [-0.15, -0.1) is 0 Å². The van der Waals surface area contributed by atoms with Gasteiger partial charge in [-0.25, -0.2) is 4.98 Å². The van der Waals surface area contributed by atoms with Crippen LogP contribution in [0.2, 0.25) is 0 Å². The number of para-hydroxylation sites is 2. The SMILES string of the molecule is c1ccc(-n2c3ccc(-c4ccc5c6ccccc6n(-c6ccc(-c7cc(-c8ccccn8)cc(-c8ccccn8)c7)cc6)c5c4)cc3c3cccnc32)cc1. The summed E-state index contributed by atoms with van der Waals surface area (Å²) in [6, 6.07) is 64.7. The minimum absolute atomic E-state index is 0.932. The van der Waals surface area contributed by atoms with Gasteiger partial charge in [-0.1, -0.05) is 78.9 Å². The minimum atomic E-state index is 0.932. The van der Waals surface area contributed by atoms with Gasteiger partial charge in [0.05, 0.1) is 27.9 Å². The highest BCUT2D eigenvalue weighted by atomic mass is 15.0. The summed E-state index contributed by atoms with van der Waals surface area (Å²) in [6.07, 6.45) is 5.56. The molecule has 0 fully saturated rings. The molecule has 11 aromatic rings. The molecule has 0 saturated carbocycles. The van der Waals surface area contributed by atoms with Crippen LogP contribution in [0.15, 0.2) is 201 Å². The smallest absolute Gasteiger partial charge is 0.145 e. The Labute approximate surface area is 323 Å². The average molecular weight is 716 g/mol. The van der Waals surface area contributed by atoms with E-state index in [0.29, 0.717) is 0 Å². The highest BCUT2D eigenvalue weighted by Crippen LogP contribution is 2.39. The van der Waals surface area contributed by atoms with E-state index in [1.165, 1.54) is 32.8 Å². The van der Waals surface area contributed by atoms with Crippen LogP contribution in [-0.2, 0) is 0 Å². The van der Waals surface area contributed by atoms with Gasteiger partial charge in [0.1, 0.15) is 5.65 Å². The first-order valence-electron chi connectivity index (χ1n) is 18.8. The van der Waals surface area contributed by atoms with Gasteiger partial charge in [0.25, 0.3) is 0 Å². The molecule has 0 bridgehead atoms. The van der Waals surface area contributed by atoms with E-state index in [1.54, 1.807) is 0 Å². The Balaban J connectivity index is 1.03. The first-order valence-corrected chi connectivity index (χ1v) is 18.8. The first kappa shape index (κ1) is 31.9. The summed E-state index contributed by atoms with van der Waals surface area (Å²) in [6.45, 7) is 0. The number of nitrogens with zero attached hydrogens (tertiary/aromatic N) is 5. The average Bonchev–Trinajstić information content (AvgIpc) is 3.79. The Hall–Kier alpha value is -7.63. The lowest BCUT2D eigenvalue weighted by atomic mass is 9.96. The van der Waals surface area contributed by atoms with Crippen LogP contribution < -0.4 is 0 Å². The fourth-order valence-electron chi connectivity index (χ4n) is 8.25. The topological polar surface area (TPSA) is 48.5 Å². The second-order valence-electron chi connectivity index (χ2n) is 14.1. The number of benzene rings is 6. The molecule has 0 unspecified atom stereocenters. The lowest BCUT2D eigenvalue weighted by molar-refractivity contribution is 1.14. The van der Waals surface area contributed by atoms with Gasteiger partial charge in [0.15, 0.2) is 0 Å². The van der Waals surface area contributed by atoms with Gasteiger partial charge in [0, 0.05) is 62.6 Å². The lowest BCUT2D eigenvalue weighted by Crippen LogP contribution is -1.95. The van der Waals surface area contributed by atoms with Crippen molar-refractivity contribution in [3.8, 4) is 56.1 Å². The summed E-state index contributed by atoms with van der Waals surface area (Å²) in [7, 11) is 0. The Kier molecular flexibility index (Phi) is 7.42. The van der Waals surface area contributed by atoms with E-state index in [-0.39, 0.29) is 0 Å². The Morgan fingerprint density at radius 3 is 1.61 bits per heavy atom. The fourth-order valence-corrected chi connectivity index (χ4v) is 8.25. The molecule has 5 heterocycles. The van der Waals surface area contributed by atoms with Crippen molar-refractivity contribution in [2.24, 2.45) is 0 Å². The van der Waals surface area contributed by atoms with Crippen molar-refractivity contribution in [1.29, 1.82) is 0 Å². The first-order chi connectivity index (χ1) is 27.8. The maximum atomic E-state index is 4.82. The standard InChI is InChI=1S/C51H33N5/c1-2-11-40(12-3-1)56-49-25-21-35(32-45(49)44-14-10-28-54-51(44)56)36-20-24-43-42-13-4-5-17-48(42)55(50(43)33-36)41-22-18-34(19-23-41)37-29-38(46-15-6-8-26-52-46)31-39(30-37)47-16-7-9-27-53-47/h1-33H. The van der Waals surface area contributed by atoms with Crippen molar-refractivity contribution in [1.82, 2.24) is 24.1 Å². The highest BCUT2D eigenvalue weighted by Gasteiger charge is 2.17. The third-order valence-corrected chi connectivity index (χ3v) is 10.9. The summed E-state index contributed by atoms with van der Waals surface area (Å²) in [4.78, 5) is 14.2. The van der Waals surface area contributed by atoms with Gasteiger partial charge in [0.2, 0.25) is 0 Å². The summed E-state index contributed by atoms with van der Waals surface area (Å²) in [5.41, 5.74) is 15.2. The van der Waals surface area contributed by atoms with Crippen LogP contribution in [0.4, 0.5) is 0 Å². The predicted octanol–water partition coefficient (Wildman–Crippen LogP) is 12.7. The molecule has 0 saturated heterocycles. The van der Waals surface area contributed by atoms with Crippen molar-refractivity contribution in [2.75, 3.05) is 0 Å². The van der Waals surface area contributed by atoms with Gasteiger partial charge in [-0.2, -0.15) is 0 Å². The second-order valence-corrected chi connectivity index (χ2v) is 14.1. The number of aromatic nitrogens is 5. The number of rotatable bonds is 6. The third kappa shape index (κ3) is 5.29. The van der Waals surface area contributed by atoms with E-state index in [1.807, 2.05) is 48.9 Å². The molecule has 11 rings (SSSR count). The van der Waals surface area contributed by atoms with Crippen LogP contribution in [0.25, 0.3) is 99.9 Å². The minimum Gasteiger partial charge on any atom is -0.309 e. The van der Waals surface area contributed by atoms with E-state index in [9.17, 15) is 0 Å². The summed E-state index contributed by atoms with van der Waals surface area (Å²) >= 11 is 0. The molecule has 0 amide bonds. The molecule has 0 aliphatic heterocycles. The van der Waals surface area contributed by atoms with Crippen LogP contribution in [0.3, 0.4) is 0 Å². The zero-order valence-corrected chi connectivity index (χ0v) is 30.3. The number of pyridine rings is 3. The molecule has 5 heteroatoms. The van der Waals surface area contributed by atoms with E-state index >= 15 is 0 Å². The fraction of sp³-hybridized carbons (Fsp3) is 0. The molecule has 5 aromatic heterocycles. The number of fused-ring (bicyclic) bond motifs is 6. The van der Waals surface area contributed by atoms with E-state index < -0.39 is 0 Å². The van der Waals surface area contributed by atoms with Crippen molar-refractivity contribution in [3.05, 3.63) is 201 Å². The molecule has 0 radical (unpaired) electrons. The monoisotopic (exact) mass is 715 g/mol. The van der Waals surface area contributed by atoms with Gasteiger partial charge in [-0.3, -0.25) is 14.5 Å². The van der Waals surface area contributed by atoms with Crippen molar-refractivity contribution in [2.45, 2.75) is 0 Å². The quantitative estimate of drug-likeness (QED) is 0.172. The Morgan fingerprint density at radius 2 is 0.857 bits per heavy atom. The van der Waals surface area contributed by atoms with Crippen molar-refractivity contribution >= 4 is 43.7 Å².